The number of halogens is 1. The number of carbonyl (C=O) groups is 1. The molecule has 10 heteroatoms. The molecule has 0 aromatic heterocycles. The summed E-state index contributed by atoms with van der Waals surface area (Å²) in [5.41, 5.74) is 2.41. The van der Waals surface area contributed by atoms with Gasteiger partial charge < -0.3 is 20.1 Å². The maximum absolute atomic E-state index is 11.5. The van der Waals surface area contributed by atoms with Crippen molar-refractivity contribution >= 4 is 39.7 Å². The molecule has 0 spiro atoms. The lowest BCUT2D eigenvalue weighted by Crippen LogP contribution is -2.24. The summed E-state index contributed by atoms with van der Waals surface area (Å²) in [6.07, 6.45) is 3.13. The summed E-state index contributed by atoms with van der Waals surface area (Å²) in [5.74, 6) is 1.56. The first kappa shape index (κ1) is 24.8. The van der Waals surface area contributed by atoms with E-state index in [2.05, 4.69) is 15.4 Å². The Morgan fingerprint density at radius 2 is 1.77 bits per heavy atom. The fourth-order valence-corrected chi connectivity index (χ4v) is 3.67. The monoisotopic (exact) mass is 469 g/mol. The third-order valence-electron chi connectivity index (χ3n) is 4.47. The molecule has 3 rings (SSSR count). The van der Waals surface area contributed by atoms with Gasteiger partial charge in [-0.25, -0.2) is 8.42 Å². The van der Waals surface area contributed by atoms with Gasteiger partial charge in [0.1, 0.15) is 18.1 Å². The lowest BCUT2D eigenvalue weighted by Gasteiger charge is -2.20. The number of nitrogens with one attached hydrogen (secondary N) is 3. The molecule has 0 saturated heterocycles. The molecule has 1 aliphatic rings. The second kappa shape index (κ2) is 11.8. The number of amides is 1. The van der Waals surface area contributed by atoms with Gasteiger partial charge in [0, 0.05) is 29.9 Å². The van der Waals surface area contributed by atoms with E-state index in [1.54, 1.807) is 24.3 Å². The number of fused-ring (bicyclic) bond motifs is 1. The third kappa shape index (κ3) is 8.28. The molecule has 1 aliphatic heterocycles. The zero-order valence-electron chi connectivity index (χ0n) is 17.3. The first-order valence-corrected chi connectivity index (χ1v) is 11.8. The van der Waals surface area contributed by atoms with E-state index in [1.165, 1.54) is 0 Å². The fraction of sp³-hybridized carbons (Fsp3) is 0.381. The fourth-order valence-electron chi connectivity index (χ4n) is 3.11. The third-order valence-corrected chi connectivity index (χ3v) is 5.08. The molecule has 0 radical (unpaired) electrons. The van der Waals surface area contributed by atoms with Crippen molar-refractivity contribution in [1.82, 2.24) is 5.32 Å². The van der Waals surface area contributed by atoms with Crippen LogP contribution in [0.1, 0.15) is 18.4 Å². The maximum atomic E-state index is 11.5. The first-order valence-electron chi connectivity index (χ1n) is 9.87. The number of sulfonamides is 1. The predicted molar refractivity (Wildman–Crippen MR) is 124 cm³/mol. The van der Waals surface area contributed by atoms with Crippen molar-refractivity contribution in [1.29, 1.82) is 0 Å². The van der Waals surface area contributed by atoms with Crippen molar-refractivity contribution in [3.63, 3.8) is 0 Å². The lowest BCUT2D eigenvalue weighted by atomic mass is 10.0. The standard InChI is InChI=1S/C21H27N3O5S.ClH/c1-30(26,27)24-16-6-8-17(9-7-16)28-14-3-12-22-13-15-29-20-5-2-4-19-18(20)10-11-21(25)23-19;/h2,4-9,22,24H,3,10-15H2,1H3,(H,23,25);1H. The topological polar surface area (TPSA) is 106 Å². The molecule has 0 aliphatic carbocycles. The number of benzene rings is 2. The van der Waals surface area contributed by atoms with E-state index in [-0.39, 0.29) is 18.3 Å². The highest BCUT2D eigenvalue weighted by Gasteiger charge is 2.18. The molecule has 0 bridgehead atoms. The Morgan fingerprint density at radius 1 is 1.00 bits per heavy atom. The summed E-state index contributed by atoms with van der Waals surface area (Å²) in [6.45, 7) is 2.60. The quantitative estimate of drug-likeness (QED) is 0.437. The average molecular weight is 470 g/mol. The van der Waals surface area contributed by atoms with Gasteiger partial charge in [0.25, 0.3) is 0 Å². The van der Waals surface area contributed by atoms with Crippen molar-refractivity contribution in [2.24, 2.45) is 0 Å². The number of anilines is 2. The summed E-state index contributed by atoms with van der Waals surface area (Å²) in [6, 6.07) is 12.5. The molecule has 170 valence electrons. The summed E-state index contributed by atoms with van der Waals surface area (Å²) in [4.78, 5) is 11.5. The van der Waals surface area contributed by atoms with E-state index < -0.39 is 10.0 Å². The Hall–Kier alpha value is -2.49. The van der Waals surface area contributed by atoms with Gasteiger partial charge >= 0.3 is 0 Å². The zero-order chi connectivity index (χ0) is 21.4. The van der Waals surface area contributed by atoms with Crippen LogP contribution in [0.3, 0.4) is 0 Å². The van der Waals surface area contributed by atoms with Crippen LogP contribution in [0.15, 0.2) is 42.5 Å². The lowest BCUT2D eigenvalue weighted by molar-refractivity contribution is -0.116. The van der Waals surface area contributed by atoms with Crippen LogP contribution in [0.5, 0.6) is 11.5 Å². The van der Waals surface area contributed by atoms with Crippen molar-refractivity contribution in [2.75, 3.05) is 42.6 Å². The van der Waals surface area contributed by atoms with Crippen LogP contribution < -0.4 is 24.8 Å². The normalized spacial score (nSPS) is 12.9. The van der Waals surface area contributed by atoms with E-state index in [0.29, 0.717) is 44.0 Å². The summed E-state index contributed by atoms with van der Waals surface area (Å²) in [5, 5.41) is 6.19. The zero-order valence-corrected chi connectivity index (χ0v) is 19.0. The van der Waals surface area contributed by atoms with Crippen LogP contribution in [0.2, 0.25) is 0 Å². The Bertz CT molecular complexity index is 967. The molecular formula is C21H28ClN3O5S. The molecule has 31 heavy (non-hydrogen) atoms. The summed E-state index contributed by atoms with van der Waals surface area (Å²) in [7, 11) is -3.27. The van der Waals surface area contributed by atoms with Crippen LogP contribution in [0.25, 0.3) is 0 Å². The largest absolute Gasteiger partial charge is 0.494 e. The van der Waals surface area contributed by atoms with Gasteiger partial charge in [-0.1, -0.05) is 6.07 Å². The second-order valence-corrected chi connectivity index (χ2v) is 8.78. The van der Waals surface area contributed by atoms with Gasteiger partial charge in [0.15, 0.2) is 0 Å². The summed E-state index contributed by atoms with van der Waals surface area (Å²) >= 11 is 0. The molecule has 2 aromatic rings. The molecule has 0 saturated carbocycles. The second-order valence-electron chi connectivity index (χ2n) is 7.03. The van der Waals surface area contributed by atoms with Crippen LogP contribution in [-0.2, 0) is 21.2 Å². The van der Waals surface area contributed by atoms with E-state index in [1.807, 2.05) is 18.2 Å². The first-order chi connectivity index (χ1) is 14.4. The number of ether oxygens (including phenoxy) is 2. The number of hydrogen-bond acceptors (Lipinski definition) is 6. The maximum Gasteiger partial charge on any atom is 0.229 e. The number of rotatable bonds is 11. The Balaban J connectivity index is 0.00000341. The Labute approximate surface area is 189 Å². The Kier molecular flexibility index (Phi) is 9.42. The van der Waals surface area contributed by atoms with Crippen LogP contribution in [-0.4, -0.2) is 46.9 Å². The van der Waals surface area contributed by atoms with Gasteiger partial charge in [-0.3, -0.25) is 9.52 Å². The van der Waals surface area contributed by atoms with E-state index >= 15 is 0 Å². The Morgan fingerprint density at radius 3 is 2.52 bits per heavy atom. The highest BCUT2D eigenvalue weighted by molar-refractivity contribution is 7.92. The minimum atomic E-state index is -3.27. The van der Waals surface area contributed by atoms with Crippen molar-refractivity contribution in [3.05, 3.63) is 48.0 Å². The minimum absolute atomic E-state index is 0. The molecule has 2 aromatic carbocycles. The van der Waals surface area contributed by atoms with E-state index in [0.717, 1.165) is 36.2 Å². The molecule has 1 heterocycles. The smallest absolute Gasteiger partial charge is 0.229 e. The highest BCUT2D eigenvalue weighted by atomic mass is 35.5. The highest BCUT2D eigenvalue weighted by Crippen LogP contribution is 2.30. The molecular weight excluding hydrogens is 442 g/mol. The number of hydrogen-bond donors (Lipinski definition) is 3. The molecule has 0 unspecified atom stereocenters. The van der Waals surface area contributed by atoms with Crippen LogP contribution in [0.4, 0.5) is 11.4 Å². The van der Waals surface area contributed by atoms with E-state index in [9.17, 15) is 13.2 Å². The van der Waals surface area contributed by atoms with Gasteiger partial charge in [-0.2, -0.15) is 0 Å². The average Bonchev–Trinajstić information content (AvgIpc) is 2.70. The van der Waals surface area contributed by atoms with Gasteiger partial charge in [-0.05, 0) is 55.8 Å². The van der Waals surface area contributed by atoms with Crippen molar-refractivity contribution in [2.45, 2.75) is 19.3 Å². The molecule has 0 atom stereocenters. The SMILES string of the molecule is CS(=O)(=O)Nc1ccc(OCCCNCCOc2cccc3c2CCC(=O)N3)cc1.Cl. The minimum Gasteiger partial charge on any atom is -0.494 e. The van der Waals surface area contributed by atoms with Gasteiger partial charge in [-0.15, -0.1) is 12.4 Å². The van der Waals surface area contributed by atoms with Crippen LogP contribution >= 0.6 is 12.4 Å². The molecule has 3 N–H and O–H groups in total. The summed E-state index contributed by atoms with van der Waals surface area (Å²) < 4.78 is 36.3. The molecule has 8 nitrogen and oxygen atoms in total. The molecule has 0 fully saturated rings. The van der Waals surface area contributed by atoms with Gasteiger partial charge in [0.05, 0.1) is 12.9 Å². The van der Waals surface area contributed by atoms with Crippen molar-refractivity contribution < 1.29 is 22.7 Å². The molecule has 1 amide bonds. The number of carbonyl (C=O) groups excluding carboxylic acids is 1. The van der Waals surface area contributed by atoms with Gasteiger partial charge in [0.2, 0.25) is 15.9 Å². The van der Waals surface area contributed by atoms with Crippen molar-refractivity contribution in [3.8, 4) is 11.5 Å². The van der Waals surface area contributed by atoms with E-state index in [4.69, 9.17) is 9.47 Å². The predicted octanol–water partition coefficient (Wildman–Crippen LogP) is 2.80. The van der Waals surface area contributed by atoms with Crippen LogP contribution in [0, 0.1) is 0 Å².